The highest BCUT2D eigenvalue weighted by molar-refractivity contribution is 7.92. The minimum Gasteiger partial charge on any atom is -0.497 e. The maximum atomic E-state index is 13.5. The van der Waals surface area contributed by atoms with Gasteiger partial charge in [-0.25, -0.2) is 8.42 Å². The van der Waals surface area contributed by atoms with Gasteiger partial charge in [0.05, 0.1) is 19.1 Å². The first-order valence-electron chi connectivity index (χ1n) is 11.4. The number of carbonyl (C=O) groups is 2. The Hall–Kier alpha value is -3.07. The van der Waals surface area contributed by atoms with Crippen LogP contribution in [0.3, 0.4) is 0 Å². The minimum atomic E-state index is -3.74. The predicted octanol–water partition coefficient (Wildman–Crippen LogP) is 2.97. The van der Waals surface area contributed by atoms with E-state index in [-0.39, 0.29) is 12.5 Å². The van der Waals surface area contributed by atoms with Crippen LogP contribution >= 0.6 is 0 Å². The third-order valence-corrected chi connectivity index (χ3v) is 6.68. The fourth-order valence-electron chi connectivity index (χ4n) is 3.42. The summed E-state index contributed by atoms with van der Waals surface area (Å²) in [7, 11) is -2.17. The molecule has 0 aliphatic carbocycles. The molecular formula is C25H35N3O5S. The van der Waals surface area contributed by atoms with Crippen molar-refractivity contribution in [2.24, 2.45) is 0 Å². The first-order valence-corrected chi connectivity index (χ1v) is 13.2. The van der Waals surface area contributed by atoms with Gasteiger partial charge in [0.1, 0.15) is 18.3 Å². The van der Waals surface area contributed by atoms with E-state index in [1.807, 2.05) is 38.1 Å². The van der Waals surface area contributed by atoms with Crippen LogP contribution in [0.25, 0.3) is 0 Å². The Morgan fingerprint density at radius 1 is 1.00 bits per heavy atom. The minimum absolute atomic E-state index is 0.149. The van der Waals surface area contributed by atoms with Crippen LogP contribution in [0.5, 0.6) is 5.75 Å². The van der Waals surface area contributed by atoms with Crippen molar-refractivity contribution in [2.75, 3.05) is 30.8 Å². The number of aryl methyl sites for hydroxylation is 1. The second-order valence-electron chi connectivity index (χ2n) is 8.13. The SMILES string of the molecule is CCCNC(=O)[C@@H](C)N(Cc1ccc(OC)cc1)C(=O)CN(c1ccc(CC)cc1)S(C)(=O)=O. The van der Waals surface area contributed by atoms with Gasteiger partial charge >= 0.3 is 0 Å². The number of carbonyl (C=O) groups excluding carboxylic acids is 2. The van der Waals surface area contributed by atoms with Gasteiger partial charge in [-0.3, -0.25) is 13.9 Å². The number of benzene rings is 2. The number of nitrogens with one attached hydrogen (secondary N) is 1. The highest BCUT2D eigenvalue weighted by Crippen LogP contribution is 2.20. The first kappa shape index (κ1) is 27.2. The molecule has 0 unspecified atom stereocenters. The molecule has 0 radical (unpaired) electrons. The topological polar surface area (TPSA) is 96.0 Å². The average molecular weight is 490 g/mol. The number of nitrogens with zero attached hydrogens (tertiary/aromatic N) is 2. The second-order valence-corrected chi connectivity index (χ2v) is 10.0. The van der Waals surface area contributed by atoms with Gasteiger partial charge < -0.3 is 15.0 Å². The molecule has 34 heavy (non-hydrogen) atoms. The molecule has 2 aromatic carbocycles. The summed E-state index contributed by atoms with van der Waals surface area (Å²) in [6, 6.07) is 13.5. The van der Waals surface area contributed by atoms with E-state index in [1.165, 1.54) is 4.90 Å². The number of sulfonamides is 1. The standard InChI is InChI=1S/C25H35N3O5S/c1-6-16-26-25(30)19(3)27(17-21-10-14-23(33-4)15-11-21)24(29)18-28(34(5,31)32)22-12-8-20(7-2)9-13-22/h8-15,19H,6-7,16-18H2,1-5H3,(H,26,30)/t19-/m1/s1. The van der Waals surface area contributed by atoms with Crippen molar-refractivity contribution in [1.82, 2.24) is 10.2 Å². The Kier molecular flexibility index (Phi) is 9.92. The molecule has 0 aliphatic heterocycles. The summed E-state index contributed by atoms with van der Waals surface area (Å²) in [6.07, 6.45) is 2.65. The number of amides is 2. The third-order valence-electron chi connectivity index (χ3n) is 5.54. The Morgan fingerprint density at radius 2 is 1.59 bits per heavy atom. The lowest BCUT2D eigenvalue weighted by molar-refractivity contribution is -0.139. The highest BCUT2D eigenvalue weighted by Gasteiger charge is 2.30. The van der Waals surface area contributed by atoms with E-state index in [0.29, 0.717) is 18.0 Å². The predicted molar refractivity (Wildman–Crippen MR) is 134 cm³/mol. The van der Waals surface area contributed by atoms with E-state index < -0.39 is 28.5 Å². The summed E-state index contributed by atoms with van der Waals surface area (Å²) < 4.78 is 31.4. The fourth-order valence-corrected chi connectivity index (χ4v) is 4.27. The quantitative estimate of drug-likeness (QED) is 0.495. The molecule has 2 aromatic rings. The van der Waals surface area contributed by atoms with Crippen LogP contribution in [0.2, 0.25) is 0 Å². The van der Waals surface area contributed by atoms with E-state index >= 15 is 0 Å². The van der Waals surface area contributed by atoms with Gasteiger partial charge in [-0.2, -0.15) is 0 Å². The Morgan fingerprint density at radius 3 is 2.09 bits per heavy atom. The largest absolute Gasteiger partial charge is 0.497 e. The van der Waals surface area contributed by atoms with Crippen molar-refractivity contribution in [1.29, 1.82) is 0 Å². The fraction of sp³-hybridized carbons (Fsp3) is 0.440. The normalized spacial score (nSPS) is 12.0. The van der Waals surface area contributed by atoms with Gasteiger partial charge in [-0.15, -0.1) is 0 Å². The number of rotatable bonds is 12. The maximum Gasteiger partial charge on any atom is 0.244 e. The van der Waals surface area contributed by atoms with Gasteiger partial charge in [0.2, 0.25) is 21.8 Å². The number of methoxy groups -OCH3 is 1. The Labute approximate surface area is 202 Å². The van der Waals surface area contributed by atoms with Crippen molar-refractivity contribution in [2.45, 2.75) is 46.2 Å². The Balaban J connectivity index is 2.35. The van der Waals surface area contributed by atoms with Crippen molar-refractivity contribution >= 4 is 27.5 Å². The number of ether oxygens (including phenoxy) is 1. The summed E-state index contributed by atoms with van der Waals surface area (Å²) in [6.45, 7) is 5.83. The van der Waals surface area contributed by atoms with E-state index in [9.17, 15) is 18.0 Å². The van der Waals surface area contributed by atoms with Crippen molar-refractivity contribution < 1.29 is 22.7 Å². The van der Waals surface area contributed by atoms with E-state index in [0.717, 1.165) is 34.5 Å². The molecule has 0 aromatic heterocycles. The molecule has 2 rings (SSSR count). The number of anilines is 1. The third kappa shape index (κ3) is 7.48. The summed E-state index contributed by atoms with van der Waals surface area (Å²) in [5.74, 6) is -0.0870. The molecule has 0 saturated heterocycles. The smallest absolute Gasteiger partial charge is 0.244 e. The molecule has 1 N–H and O–H groups in total. The lowest BCUT2D eigenvalue weighted by Crippen LogP contribution is -2.51. The van der Waals surface area contributed by atoms with Gasteiger partial charge in [0.15, 0.2) is 0 Å². The molecule has 1 atom stereocenters. The zero-order valence-electron chi connectivity index (χ0n) is 20.6. The van der Waals surface area contributed by atoms with Crippen LogP contribution in [0.1, 0.15) is 38.3 Å². The monoisotopic (exact) mass is 489 g/mol. The van der Waals surface area contributed by atoms with Crippen molar-refractivity contribution in [3.8, 4) is 5.75 Å². The van der Waals surface area contributed by atoms with Crippen LogP contribution in [-0.2, 0) is 32.6 Å². The van der Waals surface area contributed by atoms with Crippen molar-refractivity contribution in [3.63, 3.8) is 0 Å². The zero-order chi connectivity index (χ0) is 25.3. The molecule has 0 saturated carbocycles. The number of hydrogen-bond acceptors (Lipinski definition) is 5. The van der Waals surface area contributed by atoms with E-state index in [4.69, 9.17) is 4.74 Å². The summed E-state index contributed by atoms with van der Waals surface area (Å²) in [5, 5.41) is 2.81. The van der Waals surface area contributed by atoms with Crippen LogP contribution < -0.4 is 14.4 Å². The second kappa shape index (κ2) is 12.4. The summed E-state index contributed by atoms with van der Waals surface area (Å²) in [5.41, 5.74) is 2.26. The van der Waals surface area contributed by atoms with Gasteiger partial charge in [-0.05, 0) is 55.2 Å². The Bertz CT molecular complexity index is 1050. The van der Waals surface area contributed by atoms with Gasteiger partial charge in [0.25, 0.3) is 0 Å². The molecule has 0 bridgehead atoms. The van der Waals surface area contributed by atoms with E-state index in [1.54, 1.807) is 38.3 Å². The highest BCUT2D eigenvalue weighted by atomic mass is 32.2. The van der Waals surface area contributed by atoms with Gasteiger partial charge in [0, 0.05) is 13.1 Å². The van der Waals surface area contributed by atoms with Crippen LogP contribution in [0.15, 0.2) is 48.5 Å². The molecule has 0 heterocycles. The molecule has 0 spiro atoms. The van der Waals surface area contributed by atoms with Crippen LogP contribution in [0, 0.1) is 0 Å². The zero-order valence-corrected chi connectivity index (χ0v) is 21.4. The van der Waals surface area contributed by atoms with Crippen molar-refractivity contribution in [3.05, 3.63) is 59.7 Å². The summed E-state index contributed by atoms with van der Waals surface area (Å²) >= 11 is 0. The average Bonchev–Trinajstić information content (AvgIpc) is 2.83. The summed E-state index contributed by atoms with van der Waals surface area (Å²) in [4.78, 5) is 27.6. The molecule has 2 amide bonds. The molecular weight excluding hydrogens is 454 g/mol. The molecule has 0 fully saturated rings. The van der Waals surface area contributed by atoms with E-state index in [2.05, 4.69) is 5.32 Å². The lowest BCUT2D eigenvalue weighted by atomic mass is 10.1. The molecule has 0 aliphatic rings. The number of hydrogen-bond donors (Lipinski definition) is 1. The van der Waals surface area contributed by atoms with Gasteiger partial charge in [-0.1, -0.05) is 38.1 Å². The first-order chi connectivity index (χ1) is 16.1. The molecule has 186 valence electrons. The molecule has 9 heteroatoms. The maximum absolute atomic E-state index is 13.5. The van der Waals surface area contributed by atoms with Crippen LogP contribution in [0.4, 0.5) is 5.69 Å². The molecule has 8 nitrogen and oxygen atoms in total. The lowest BCUT2D eigenvalue weighted by Gasteiger charge is -2.31. The van der Waals surface area contributed by atoms with Crippen LogP contribution in [-0.4, -0.2) is 57.6 Å².